The minimum atomic E-state index is 0.0351. The average molecular weight is 279 g/mol. The van der Waals surface area contributed by atoms with E-state index in [2.05, 4.69) is 31.4 Å². The van der Waals surface area contributed by atoms with Crippen molar-refractivity contribution in [1.29, 1.82) is 0 Å². The van der Waals surface area contributed by atoms with Gasteiger partial charge < -0.3 is 14.8 Å². The second-order valence-corrected chi connectivity index (χ2v) is 5.51. The van der Waals surface area contributed by atoms with Crippen molar-refractivity contribution in [2.75, 3.05) is 12.1 Å². The molecule has 0 saturated carbocycles. The predicted octanol–water partition coefficient (Wildman–Crippen LogP) is 1.15. The van der Waals surface area contributed by atoms with Gasteiger partial charge in [-0.15, -0.1) is 0 Å². The topological polar surface area (TPSA) is 47.6 Å². The maximum Gasteiger partial charge on any atom is 0.231 e. The molecule has 104 valence electrons. The smallest absolute Gasteiger partial charge is 0.231 e. The number of benzene rings is 2. The summed E-state index contributed by atoms with van der Waals surface area (Å²) in [5.74, 6) is 1.54. The minimum absolute atomic E-state index is 0.0351. The second kappa shape index (κ2) is 4.55. The van der Waals surface area contributed by atoms with Gasteiger partial charge in [0.1, 0.15) is 7.85 Å². The zero-order valence-corrected chi connectivity index (χ0v) is 11.7. The van der Waals surface area contributed by atoms with Gasteiger partial charge in [0, 0.05) is 24.1 Å². The summed E-state index contributed by atoms with van der Waals surface area (Å²) < 4.78 is 10.9. The van der Waals surface area contributed by atoms with Crippen molar-refractivity contribution in [2.24, 2.45) is 0 Å². The first-order valence-electron chi connectivity index (χ1n) is 7.00. The second-order valence-electron chi connectivity index (χ2n) is 5.51. The molecule has 0 bridgehead atoms. The molecular weight excluding hydrogens is 265 g/mol. The number of carbonyl (C=O) groups is 1. The van der Waals surface area contributed by atoms with E-state index in [-0.39, 0.29) is 18.6 Å². The molecule has 1 amide bonds. The van der Waals surface area contributed by atoms with Crippen LogP contribution in [0.5, 0.6) is 11.5 Å². The van der Waals surface area contributed by atoms with Crippen molar-refractivity contribution in [3.8, 4) is 11.5 Å². The molecule has 2 aromatic rings. The number of fused-ring (bicyclic) bond motifs is 2. The summed E-state index contributed by atoms with van der Waals surface area (Å²) in [5, 5.41) is 2.93. The van der Waals surface area contributed by atoms with Crippen molar-refractivity contribution >= 4 is 24.9 Å². The minimum Gasteiger partial charge on any atom is -0.454 e. The van der Waals surface area contributed by atoms with E-state index < -0.39 is 0 Å². The molecule has 0 aromatic heterocycles. The highest BCUT2D eigenvalue weighted by Crippen LogP contribution is 2.44. The standard InChI is InChI=1S/C16H14BNO3/c17-10-3-1-2-9(4-10)11-6-16(19)18-13-7-15-14(5-12(11)13)20-8-21-15/h1-5,7,11H,6,8,17H2,(H,18,19). The third kappa shape index (κ3) is 2.05. The van der Waals surface area contributed by atoms with Gasteiger partial charge in [-0.2, -0.15) is 0 Å². The van der Waals surface area contributed by atoms with Crippen LogP contribution >= 0.6 is 0 Å². The number of rotatable bonds is 1. The number of hydrogen-bond acceptors (Lipinski definition) is 3. The fourth-order valence-electron chi connectivity index (χ4n) is 3.04. The molecule has 0 saturated heterocycles. The number of ether oxygens (including phenoxy) is 2. The van der Waals surface area contributed by atoms with Gasteiger partial charge in [-0.25, -0.2) is 0 Å². The Balaban J connectivity index is 1.85. The first-order valence-corrected chi connectivity index (χ1v) is 7.00. The molecule has 0 fully saturated rings. The Morgan fingerprint density at radius 3 is 2.76 bits per heavy atom. The number of carbonyl (C=O) groups excluding carboxylic acids is 1. The maximum absolute atomic E-state index is 12.0. The highest BCUT2D eigenvalue weighted by atomic mass is 16.7. The van der Waals surface area contributed by atoms with Gasteiger partial charge in [0.15, 0.2) is 11.5 Å². The molecule has 2 heterocycles. The van der Waals surface area contributed by atoms with E-state index >= 15 is 0 Å². The molecule has 2 aromatic carbocycles. The highest BCUT2D eigenvalue weighted by molar-refractivity contribution is 6.32. The lowest BCUT2D eigenvalue weighted by molar-refractivity contribution is -0.116. The Labute approximate surface area is 123 Å². The molecule has 5 heteroatoms. The van der Waals surface area contributed by atoms with Crippen LogP contribution in [0.2, 0.25) is 0 Å². The monoisotopic (exact) mass is 279 g/mol. The van der Waals surface area contributed by atoms with Crippen LogP contribution < -0.4 is 20.3 Å². The summed E-state index contributed by atoms with van der Waals surface area (Å²) in [7, 11) is 2.06. The summed E-state index contributed by atoms with van der Waals surface area (Å²) in [6.07, 6.45) is 0.454. The molecule has 0 radical (unpaired) electrons. The van der Waals surface area contributed by atoms with Gasteiger partial charge in [0.25, 0.3) is 0 Å². The van der Waals surface area contributed by atoms with E-state index in [1.807, 2.05) is 18.2 Å². The van der Waals surface area contributed by atoms with Crippen LogP contribution in [0.15, 0.2) is 36.4 Å². The molecular formula is C16H14BNO3. The predicted molar refractivity (Wildman–Crippen MR) is 82.3 cm³/mol. The lowest BCUT2D eigenvalue weighted by Crippen LogP contribution is -2.24. The third-order valence-electron chi connectivity index (χ3n) is 4.03. The molecule has 0 spiro atoms. The third-order valence-corrected chi connectivity index (χ3v) is 4.03. The van der Waals surface area contributed by atoms with E-state index in [0.717, 1.165) is 22.6 Å². The SMILES string of the molecule is Bc1cccc(C2CC(=O)Nc3cc4c(cc32)OCO4)c1. The van der Waals surface area contributed by atoms with E-state index in [1.165, 1.54) is 5.46 Å². The number of anilines is 1. The van der Waals surface area contributed by atoms with Gasteiger partial charge in [0.2, 0.25) is 12.7 Å². The Morgan fingerprint density at radius 1 is 1.14 bits per heavy atom. The van der Waals surface area contributed by atoms with E-state index in [9.17, 15) is 4.79 Å². The Hall–Kier alpha value is -2.43. The number of nitrogens with one attached hydrogen (secondary N) is 1. The number of hydrogen-bond donors (Lipinski definition) is 1. The summed E-state index contributed by atoms with van der Waals surface area (Å²) in [6.45, 7) is 0.237. The molecule has 4 rings (SSSR count). The van der Waals surface area contributed by atoms with Gasteiger partial charge in [-0.3, -0.25) is 4.79 Å². The van der Waals surface area contributed by atoms with Crippen molar-refractivity contribution in [3.63, 3.8) is 0 Å². The fourth-order valence-corrected chi connectivity index (χ4v) is 3.04. The molecule has 21 heavy (non-hydrogen) atoms. The number of amides is 1. The fraction of sp³-hybridized carbons (Fsp3) is 0.188. The van der Waals surface area contributed by atoms with Crippen LogP contribution in [0.1, 0.15) is 23.5 Å². The van der Waals surface area contributed by atoms with Crippen LogP contribution in [0.3, 0.4) is 0 Å². The van der Waals surface area contributed by atoms with Crippen LogP contribution in [0.4, 0.5) is 5.69 Å². The molecule has 1 unspecified atom stereocenters. The van der Waals surface area contributed by atoms with Gasteiger partial charge >= 0.3 is 0 Å². The Bertz CT molecular complexity index is 744. The van der Waals surface area contributed by atoms with Crippen molar-refractivity contribution in [2.45, 2.75) is 12.3 Å². The van der Waals surface area contributed by atoms with Gasteiger partial charge in [-0.05, 0) is 17.2 Å². The zero-order chi connectivity index (χ0) is 14.4. The van der Waals surface area contributed by atoms with Crippen molar-refractivity contribution < 1.29 is 14.3 Å². The van der Waals surface area contributed by atoms with Gasteiger partial charge in [0.05, 0.1) is 0 Å². The first kappa shape index (κ1) is 12.3. The average Bonchev–Trinajstić information content (AvgIpc) is 2.91. The van der Waals surface area contributed by atoms with Crippen LogP contribution in [-0.2, 0) is 4.79 Å². The van der Waals surface area contributed by atoms with E-state index in [0.29, 0.717) is 12.2 Å². The maximum atomic E-state index is 12.0. The van der Waals surface area contributed by atoms with Crippen molar-refractivity contribution in [1.82, 2.24) is 0 Å². The van der Waals surface area contributed by atoms with Crippen LogP contribution in [-0.4, -0.2) is 20.5 Å². The Kier molecular flexibility index (Phi) is 2.67. The first-order chi connectivity index (χ1) is 10.2. The lowest BCUT2D eigenvalue weighted by atomic mass is 9.82. The molecule has 2 aliphatic rings. The zero-order valence-electron chi connectivity index (χ0n) is 11.7. The lowest BCUT2D eigenvalue weighted by Gasteiger charge is -2.26. The van der Waals surface area contributed by atoms with Crippen molar-refractivity contribution in [3.05, 3.63) is 47.5 Å². The van der Waals surface area contributed by atoms with Gasteiger partial charge in [-0.1, -0.05) is 29.7 Å². The normalized spacial score (nSPS) is 19.0. The Morgan fingerprint density at radius 2 is 1.95 bits per heavy atom. The van der Waals surface area contributed by atoms with E-state index in [4.69, 9.17) is 9.47 Å². The van der Waals surface area contributed by atoms with Crippen LogP contribution in [0, 0.1) is 0 Å². The molecule has 1 N–H and O–H groups in total. The summed E-state index contributed by atoms with van der Waals surface area (Å²) in [5.41, 5.74) is 4.26. The summed E-state index contributed by atoms with van der Waals surface area (Å²) in [6, 6.07) is 12.2. The highest BCUT2D eigenvalue weighted by Gasteiger charge is 2.29. The molecule has 4 nitrogen and oxygen atoms in total. The molecule has 1 atom stereocenters. The van der Waals surface area contributed by atoms with Crippen LogP contribution in [0.25, 0.3) is 0 Å². The summed E-state index contributed by atoms with van der Waals surface area (Å²) in [4.78, 5) is 12.0. The van der Waals surface area contributed by atoms with E-state index in [1.54, 1.807) is 0 Å². The quantitative estimate of drug-likeness (QED) is 0.796. The molecule has 2 aliphatic heterocycles. The largest absolute Gasteiger partial charge is 0.454 e. The molecule has 0 aliphatic carbocycles. The summed E-state index contributed by atoms with van der Waals surface area (Å²) >= 11 is 0.